The molecule has 1 aliphatic heterocycles. The van der Waals surface area contributed by atoms with Gasteiger partial charge in [-0.2, -0.15) is 0 Å². The summed E-state index contributed by atoms with van der Waals surface area (Å²) in [5, 5.41) is 4.00. The number of hydrogen-bond acceptors (Lipinski definition) is 3. The van der Waals surface area contributed by atoms with Gasteiger partial charge in [0.2, 0.25) is 0 Å². The van der Waals surface area contributed by atoms with Crippen molar-refractivity contribution in [1.29, 1.82) is 0 Å². The number of methoxy groups -OCH3 is 1. The number of halogens is 1. The van der Waals surface area contributed by atoms with E-state index in [0.29, 0.717) is 5.11 Å². The maximum atomic E-state index is 13.1. The van der Waals surface area contributed by atoms with E-state index in [1.807, 2.05) is 37.3 Å². The summed E-state index contributed by atoms with van der Waals surface area (Å²) in [6.45, 7) is 5.36. The largest absolute Gasteiger partial charge is 0.495 e. The van der Waals surface area contributed by atoms with Crippen LogP contribution < -0.4 is 15.0 Å². The highest BCUT2D eigenvalue weighted by Crippen LogP contribution is 2.26. The second kappa shape index (κ2) is 7.70. The molecule has 0 amide bonds. The van der Waals surface area contributed by atoms with Gasteiger partial charge < -0.3 is 19.9 Å². The number of hydrogen-bond donors (Lipinski definition) is 1. The molecule has 25 heavy (non-hydrogen) atoms. The van der Waals surface area contributed by atoms with Gasteiger partial charge in [0, 0.05) is 31.9 Å². The first kappa shape index (κ1) is 17.5. The fraction of sp³-hybridized carbons (Fsp3) is 0.316. The normalized spacial score (nSPS) is 14.4. The Morgan fingerprint density at radius 3 is 2.40 bits per heavy atom. The number of rotatable bonds is 3. The van der Waals surface area contributed by atoms with Crippen LogP contribution in [0.1, 0.15) is 5.56 Å². The van der Waals surface area contributed by atoms with Crippen molar-refractivity contribution in [1.82, 2.24) is 4.90 Å². The Balaban J connectivity index is 1.60. The molecule has 1 fully saturated rings. The Labute approximate surface area is 153 Å². The average molecular weight is 359 g/mol. The van der Waals surface area contributed by atoms with Crippen LogP contribution in [0.15, 0.2) is 42.5 Å². The predicted molar refractivity (Wildman–Crippen MR) is 104 cm³/mol. The number of thiocarbonyl (C=S) groups is 1. The van der Waals surface area contributed by atoms with Crippen molar-refractivity contribution in [3.05, 3.63) is 53.8 Å². The van der Waals surface area contributed by atoms with Crippen molar-refractivity contribution < 1.29 is 9.13 Å². The molecule has 0 atom stereocenters. The van der Waals surface area contributed by atoms with E-state index >= 15 is 0 Å². The summed E-state index contributed by atoms with van der Waals surface area (Å²) in [5.74, 6) is 0.567. The standard InChI is InChI=1S/C19H22FN3OS/c1-14-3-8-18(24-2)17(13-14)21-19(25)23-11-9-22(10-12-23)16-6-4-15(20)5-7-16/h3-8,13H,9-12H2,1-2H3,(H,21,25). The maximum absolute atomic E-state index is 13.1. The molecule has 0 aromatic heterocycles. The number of anilines is 2. The topological polar surface area (TPSA) is 27.7 Å². The zero-order chi connectivity index (χ0) is 17.8. The molecule has 1 heterocycles. The van der Waals surface area contributed by atoms with Crippen LogP contribution in [0.4, 0.5) is 15.8 Å². The molecule has 4 nitrogen and oxygen atoms in total. The molecule has 0 bridgehead atoms. The van der Waals surface area contributed by atoms with Gasteiger partial charge >= 0.3 is 0 Å². The van der Waals surface area contributed by atoms with E-state index in [1.54, 1.807) is 7.11 Å². The lowest BCUT2D eigenvalue weighted by Gasteiger charge is -2.37. The molecule has 2 aromatic carbocycles. The molecular formula is C19H22FN3OS. The number of nitrogens with zero attached hydrogens (tertiary/aromatic N) is 2. The summed E-state index contributed by atoms with van der Waals surface area (Å²) < 4.78 is 18.5. The van der Waals surface area contributed by atoms with Gasteiger partial charge in [-0.25, -0.2) is 4.39 Å². The molecule has 0 saturated carbocycles. The monoisotopic (exact) mass is 359 g/mol. The number of aryl methyl sites for hydroxylation is 1. The van der Waals surface area contributed by atoms with Gasteiger partial charge in [0.1, 0.15) is 11.6 Å². The SMILES string of the molecule is COc1ccc(C)cc1NC(=S)N1CCN(c2ccc(F)cc2)CC1. The third-order valence-corrected chi connectivity index (χ3v) is 4.72. The van der Waals surface area contributed by atoms with Crippen molar-refractivity contribution in [2.24, 2.45) is 0 Å². The molecular weight excluding hydrogens is 337 g/mol. The van der Waals surface area contributed by atoms with E-state index in [9.17, 15) is 4.39 Å². The van der Waals surface area contributed by atoms with E-state index in [4.69, 9.17) is 17.0 Å². The van der Waals surface area contributed by atoms with E-state index in [2.05, 4.69) is 15.1 Å². The summed E-state index contributed by atoms with van der Waals surface area (Å²) in [7, 11) is 1.65. The first-order valence-electron chi connectivity index (χ1n) is 8.28. The van der Waals surface area contributed by atoms with Crippen LogP contribution in [0.3, 0.4) is 0 Å². The minimum Gasteiger partial charge on any atom is -0.495 e. The summed E-state index contributed by atoms with van der Waals surface area (Å²) in [4.78, 5) is 4.39. The summed E-state index contributed by atoms with van der Waals surface area (Å²) >= 11 is 5.57. The Morgan fingerprint density at radius 1 is 1.08 bits per heavy atom. The van der Waals surface area contributed by atoms with E-state index in [-0.39, 0.29) is 5.82 Å². The van der Waals surface area contributed by atoms with Crippen molar-refractivity contribution in [2.75, 3.05) is 43.5 Å². The fourth-order valence-electron chi connectivity index (χ4n) is 2.93. The second-order valence-electron chi connectivity index (χ2n) is 6.08. The van der Waals surface area contributed by atoms with Gasteiger partial charge in [-0.05, 0) is 61.1 Å². The molecule has 0 aliphatic carbocycles. The number of nitrogens with one attached hydrogen (secondary N) is 1. The Bertz CT molecular complexity index is 743. The van der Waals surface area contributed by atoms with Crippen molar-refractivity contribution in [3.63, 3.8) is 0 Å². The highest BCUT2D eigenvalue weighted by molar-refractivity contribution is 7.80. The first-order chi connectivity index (χ1) is 12.1. The number of ether oxygens (including phenoxy) is 1. The van der Waals surface area contributed by atoms with Crippen LogP contribution in [-0.4, -0.2) is 43.3 Å². The van der Waals surface area contributed by atoms with Crippen molar-refractivity contribution >= 4 is 28.7 Å². The van der Waals surface area contributed by atoms with Crippen LogP contribution in [0, 0.1) is 12.7 Å². The maximum Gasteiger partial charge on any atom is 0.173 e. The van der Waals surface area contributed by atoms with Crippen LogP contribution in [0.2, 0.25) is 0 Å². The van der Waals surface area contributed by atoms with Gasteiger partial charge in [0.05, 0.1) is 12.8 Å². The molecule has 2 aromatic rings. The predicted octanol–water partition coefficient (Wildman–Crippen LogP) is 3.66. The molecule has 132 valence electrons. The number of benzene rings is 2. The Kier molecular flexibility index (Phi) is 5.38. The Hall–Kier alpha value is -2.34. The van der Waals surface area contributed by atoms with Gasteiger partial charge in [-0.15, -0.1) is 0 Å². The molecule has 1 aliphatic rings. The molecule has 0 radical (unpaired) electrons. The third-order valence-electron chi connectivity index (χ3n) is 4.36. The van der Waals surface area contributed by atoms with Gasteiger partial charge in [0.25, 0.3) is 0 Å². The molecule has 6 heteroatoms. The van der Waals surface area contributed by atoms with Gasteiger partial charge in [-0.1, -0.05) is 6.07 Å². The smallest absolute Gasteiger partial charge is 0.173 e. The van der Waals surface area contributed by atoms with Crippen LogP contribution in [0.5, 0.6) is 5.75 Å². The zero-order valence-electron chi connectivity index (χ0n) is 14.5. The van der Waals surface area contributed by atoms with Gasteiger partial charge in [0.15, 0.2) is 5.11 Å². The minimum atomic E-state index is -0.208. The van der Waals surface area contributed by atoms with E-state index in [1.165, 1.54) is 12.1 Å². The van der Waals surface area contributed by atoms with Gasteiger partial charge in [-0.3, -0.25) is 0 Å². The average Bonchev–Trinajstić information content (AvgIpc) is 2.63. The summed E-state index contributed by atoms with van der Waals surface area (Å²) in [5.41, 5.74) is 3.07. The molecule has 0 spiro atoms. The van der Waals surface area contributed by atoms with Crippen molar-refractivity contribution in [2.45, 2.75) is 6.92 Å². The fourth-order valence-corrected chi connectivity index (χ4v) is 3.23. The lowest BCUT2D eigenvalue weighted by atomic mass is 10.2. The second-order valence-corrected chi connectivity index (χ2v) is 6.47. The van der Waals surface area contributed by atoms with E-state index < -0.39 is 0 Å². The molecule has 3 rings (SSSR count). The highest BCUT2D eigenvalue weighted by atomic mass is 32.1. The minimum absolute atomic E-state index is 0.208. The van der Waals surface area contributed by atoms with Crippen LogP contribution >= 0.6 is 12.2 Å². The highest BCUT2D eigenvalue weighted by Gasteiger charge is 2.20. The molecule has 1 N–H and O–H groups in total. The lowest BCUT2D eigenvalue weighted by Crippen LogP contribution is -2.50. The Morgan fingerprint density at radius 2 is 1.76 bits per heavy atom. The third kappa shape index (κ3) is 4.20. The quantitative estimate of drug-likeness (QED) is 0.845. The van der Waals surface area contributed by atoms with Crippen LogP contribution in [-0.2, 0) is 0 Å². The number of piperazine rings is 1. The summed E-state index contributed by atoms with van der Waals surface area (Å²) in [6.07, 6.45) is 0. The summed E-state index contributed by atoms with van der Waals surface area (Å²) in [6, 6.07) is 12.6. The van der Waals surface area contributed by atoms with Crippen LogP contribution in [0.25, 0.3) is 0 Å². The van der Waals surface area contributed by atoms with E-state index in [0.717, 1.165) is 48.9 Å². The zero-order valence-corrected chi connectivity index (χ0v) is 15.3. The molecule has 0 unspecified atom stereocenters. The first-order valence-corrected chi connectivity index (χ1v) is 8.69. The molecule has 1 saturated heterocycles. The van der Waals surface area contributed by atoms with Crippen molar-refractivity contribution in [3.8, 4) is 5.75 Å². The lowest BCUT2D eigenvalue weighted by molar-refractivity contribution is 0.390.